The van der Waals surface area contributed by atoms with Crippen LogP contribution < -0.4 is 15.6 Å². The Kier molecular flexibility index (Phi) is 5.14. The summed E-state index contributed by atoms with van der Waals surface area (Å²) in [5, 5.41) is 1.33. The number of hydrazine groups is 1. The average Bonchev–Trinajstić information content (AvgIpc) is 2.97. The van der Waals surface area contributed by atoms with Crippen LogP contribution in [0, 0.1) is 0 Å². The van der Waals surface area contributed by atoms with Gasteiger partial charge in [0.05, 0.1) is 19.1 Å². The Hall–Kier alpha value is -2.99. The third-order valence-corrected chi connectivity index (χ3v) is 4.29. The molecule has 3 rings (SSSR count). The topological polar surface area (TPSA) is 72.4 Å². The van der Waals surface area contributed by atoms with Crippen LogP contribution in [0.1, 0.15) is 15.9 Å². The molecule has 0 atom stereocenters. The molecule has 26 heavy (non-hydrogen) atoms. The fourth-order valence-corrected chi connectivity index (χ4v) is 3.01. The molecule has 2 N–H and O–H groups in total. The van der Waals surface area contributed by atoms with Gasteiger partial charge in [0.25, 0.3) is 5.91 Å². The maximum absolute atomic E-state index is 12.4. The Morgan fingerprint density at radius 3 is 2.69 bits per heavy atom. The Labute approximate surface area is 155 Å². The SMILES string of the molecule is COc1ccc(Cl)cc1CC(=O)NNC(=O)c1cn(C)c2ccccc12. The lowest BCUT2D eigenvalue weighted by Crippen LogP contribution is -2.42. The summed E-state index contributed by atoms with van der Waals surface area (Å²) >= 11 is 5.96. The number of aromatic nitrogens is 1. The van der Waals surface area contributed by atoms with E-state index in [0.29, 0.717) is 21.9 Å². The Morgan fingerprint density at radius 2 is 1.92 bits per heavy atom. The summed E-state index contributed by atoms with van der Waals surface area (Å²) in [4.78, 5) is 24.6. The summed E-state index contributed by atoms with van der Waals surface area (Å²) in [6.07, 6.45) is 1.76. The fraction of sp³-hybridized carbons (Fsp3) is 0.158. The first-order valence-corrected chi connectivity index (χ1v) is 8.33. The van der Waals surface area contributed by atoms with Gasteiger partial charge in [-0.1, -0.05) is 29.8 Å². The molecular formula is C19H18ClN3O3. The van der Waals surface area contributed by atoms with Gasteiger partial charge in [0.1, 0.15) is 5.75 Å². The number of fused-ring (bicyclic) bond motifs is 1. The predicted octanol–water partition coefficient (Wildman–Crippen LogP) is 2.84. The molecule has 0 aliphatic rings. The van der Waals surface area contributed by atoms with E-state index in [0.717, 1.165) is 10.9 Å². The van der Waals surface area contributed by atoms with Gasteiger partial charge in [-0.05, 0) is 24.3 Å². The van der Waals surface area contributed by atoms with Crippen molar-refractivity contribution < 1.29 is 14.3 Å². The highest BCUT2D eigenvalue weighted by Crippen LogP contribution is 2.23. The molecule has 134 valence electrons. The molecule has 0 fully saturated rings. The van der Waals surface area contributed by atoms with Crippen LogP contribution in [0.25, 0.3) is 10.9 Å². The lowest BCUT2D eigenvalue weighted by molar-refractivity contribution is -0.121. The molecule has 2 aromatic carbocycles. The van der Waals surface area contributed by atoms with Gasteiger partial charge in [0.15, 0.2) is 0 Å². The van der Waals surface area contributed by atoms with E-state index in [1.54, 1.807) is 24.4 Å². The lowest BCUT2D eigenvalue weighted by atomic mass is 10.1. The highest BCUT2D eigenvalue weighted by atomic mass is 35.5. The fourth-order valence-electron chi connectivity index (χ4n) is 2.82. The number of amides is 2. The Balaban J connectivity index is 1.68. The van der Waals surface area contributed by atoms with E-state index < -0.39 is 0 Å². The highest BCUT2D eigenvalue weighted by Gasteiger charge is 2.15. The molecule has 0 saturated heterocycles. The molecule has 0 aliphatic heterocycles. The molecule has 7 heteroatoms. The summed E-state index contributed by atoms with van der Waals surface area (Å²) < 4.78 is 7.08. The summed E-state index contributed by atoms with van der Waals surface area (Å²) in [6.45, 7) is 0. The van der Waals surface area contributed by atoms with Crippen LogP contribution >= 0.6 is 11.6 Å². The number of para-hydroxylation sites is 1. The van der Waals surface area contributed by atoms with Crippen LogP contribution in [0.2, 0.25) is 5.02 Å². The number of benzene rings is 2. The van der Waals surface area contributed by atoms with E-state index in [-0.39, 0.29) is 18.2 Å². The van der Waals surface area contributed by atoms with Crippen LogP contribution in [0.4, 0.5) is 0 Å². The zero-order valence-electron chi connectivity index (χ0n) is 14.4. The Bertz CT molecular complexity index is 981. The number of carbonyl (C=O) groups excluding carboxylic acids is 2. The molecular weight excluding hydrogens is 354 g/mol. The van der Waals surface area contributed by atoms with Crippen molar-refractivity contribution in [3.05, 3.63) is 64.8 Å². The molecule has 1 aromatic heterocycles. The van der Waals surface area contributed by atoms with E-state index in [9.17, 15) is 9.59 Å². The van der Waals surface area contributed by atoms with Gasteiger partial charge in [0.2, 0.25) is 5.91 Å². The summed E-state index contributed by atoms with van der Waals surface area (Å²) in [5.41, 5.74) is 6.94. The van der Waals surface area contributed by atoms with E-state index in [1.807, 2.05) is 35.9 Å². The van der Waals surface area contributed by atoms with Crippen LogP contribution in [-0.4, -0.2) is 23.5 Å². The monoisotopic (exact) mass is 371 g/mol. The number of ether oxygens (including phenoxy) is 1. The minimum atomic E-state index is -0.381. The van der Waals surface area contributed by atoms with Crippen LogP contribution in [0.3, 0.4) is 0 Å². The maximum Gasteiger partial charge on any atom is 0.271 e. The van der Waals surface area contributed by atoms with E-state index >= 15 is 0 Å². The second-order valence-corrected chi connectivity index (χ2v) is 6.24. The smallest absolute Gasteiger partial charge is 0.271 e. The number of carbonyl (C=O) groups is 2. The molecule has 0 unspecified atom stereocenters. The van der Waals surface area contributed by atoms with Crippen molar-refractivity contribution in [1.82, 2.24) is 15.4 Å². The quantitative estimate of drug-likeness (QED) is 0.693. The zero-order valence-corrected chi connectivity index (χ0v) is 15.1. The molecule has 0 radical (unpaired) electrons. The molecule has 0 aliphatic carbocycles. The summed E-state index contributed by atoms with van der Waals surface area (Å²) in [6, 6.07) is 12.6. The van der Waals surface area contributed by atoms with Gasteiger partial charge in [0, 0.05) is 34.7 Å². The normalized spacial score (nSPS) is 10.6. The first kappa shape index (κ1) is 17.8. The number of hydrogen-bond donors (Lipinski definition) is 2. The number of aryl methyl sites for hydroxylation is 1. The summed E-state index contributed by atoms with van der Waals surface area (Å²) in [7, 11) is 3.38. The minimum absolute atomic E-state index is 0.0273. The van der Waals surface area contributed by atoms with Crippen molar-refractivity contribution in [1.29, 1.82) is 0 Å². The number of nitrogens with zero attached hydrogens (tertiary/aromatic N) is 1. The van der Waals surface area contributed by atoms with Crippen molar-refractivity contribution in [3.8, 4) is 5.75 Å². The van der Waals surface area contributed by atoms with Crippen molar-refractivity contribution in [2.45, 2.75) is 6.42 Å². The first-order chi connectivity index (χ1) is 12.5. The molecule has 0 saturated carbocycles. The van der Waals surface area contributed by atoms with Crippen LogP contribution in [0.5, 0.6) is 5.75 Å². The minimum Gasteiger partial charge on any atom is -0.496 e. The van der Waals surface area contributed by atoms with E-state index in [4.69, 9.17) is 16.3 Å². The predicted molar refractivity (Wildman–Crippen MR) is 100 cm³/mol. The number of methoxy groups -OCH3 is 1. The molecule has 0 bridgehead atoms. The van der Waals surface area contributed by atoms with Crippen molar-refractivity contribution >= 4 is 34.3 Å². The van der Waals surface area contributed by atoms with Gasteiger partial charge in [-0.25, -0.2) is 0 Å². The molecule has 0 spiro atoms. The van der Waals surface area contributed by atoms with Gasteiger partial charge < -0.3 is 9.30 Å². The van der Waals surface area contributed by atoms with E-state index in [1.165, 1.54) is 7.11 Å². The highest BCUT2D eigenvalue weighted by molar-refractivity contribution is 6.30. The molecule has 3 aromatic rings. The van der Waals surface area contributed by atoms with Crippen LogP contribution in [-0.2, 0) is 18.3 Å². The van der Waals surface area contributed by atoms with Crippen molar-refractivity contribution in [2.75, 3.05) is 7.11 Å². The molecule has 2 amide bonds. The standard InChI is InChI=1S/C19H18ClN3O3/c1-23-11-15(14-5-3-4-6-16(14)23)19(25)22-21-18(24)10-12-9-13(20)7-8-17(12)26-2/h3-9,11H,10H2,1-2H3,(H,21,24)(H,22,25). The first-order valence-electron chi connectivity index (χ1n) is 7.95. The van der Waals surface area contributed by atoms with Gasteiger partial charge in [-0.2, -0.15) is 0 Å². The maximum atomic E-state index is 12.4. The van der Waals surface area contributed by atoms with Crippen molar-refractivity contribution in [3.63, 3.8) is 0 Å². The van der Waals surface area contributed by atoms with Gasteiger partial charge in [-0.3, -0.25) is 20.4 Å². The number of rotatable bonds is 4. The number of halogens is 1. The van der Waals surface area contributed by atoms with Gasteiger partial charge >= 0.3 is 0 Å². The van der Waals surface area contributed by atoms with E-state index in [2.05, 4.69) is 10.9 Å². The largest absolute Gasteiger partial charge is 0.496 e. The van der Waals surface area contributed by atoms with Gasteiger partial charge in [-0.15, -0.1) is 0 Å². The average molecular weight is 372 g/mol. The number of hydrogen-bond acceptors (Lipinski definition) is 3. The third kappa shape index (κ3) is 3.65. The molecule has 6 nitrogen and oxygen atoms in total. The Morgan fingerprint density at radius 1 is 1.15 bits per heavy atom. The zero-order chi connectivity index (χ0) is 18.7. The number of nitrogens with one attached hydrogen (secondary N) is 2. The summed E-state index contributed by atoms with van der Waals surface area (Å²) in [5.74, 6) is -0.197. The second-order valence-electron chi connectivity index (χ2n) is 5.81. The third-order valence-electron chi connectivity index (χ3n) is 4.05. The molecule has 1 heterocycles. The lowest BCUT2D eigenvalue weighted by Gasteiger charge is -2.10. The van der Waals surface area contributed by atoms with Crippen molar-refractivity contribution in [2.24, 2.45) is 7.05 Å². The second kappa shape index (κ2) is 7.49. The van der Waals surface area contributed by atoms with Crippen LogP contribution in [0.15, 0.2) is 48.7 Å².